The highest BCUT2D eigenvalue weighted by atomic mass is 32.2. The second-order valence-corrected chi connectivity index (χ2v) is 5.43. The highest BCUT2D eigenvalue weighted by molar-refractivity contribution is 7.89. The predicted octanol–water partition coefficient (Wildman–Crippen LogP) is 1.27. The highest BCUT2D eigenvalue weighted by Gasteiger charge is 2.22. The van der Waals surface area contributed by atoms with E-state index in [-0.39, 0.29) is 5.25 Å². The lowest BCUT2D eigenvalue weighted by atomic mass is 10.5. The van der Waals surface area contributed by atoms with E-state index in [1.807, 2.05) is 6.92 Å². The Kier molecular flexibility index (Phi) is 4.78. The van der Waals surface area contributed by atoms with Crippen LogP contribution in [0, 0.1) is 6.92 Å². The van der Waals surface area contributed by atoms with Crippen molar-refractivity contribution in [3.8, 4) is 0 Å². The van der Waals surface area contributed by atoms with E-state index in [0.717, 1.165) is 0 Å². The highest BCUT2D eigenvalue weighted by Crippen LogP contribution is 2.08. The van der Waals surface area contributed by atoms with Crippen molar-refractivity contribution in [3.63, 3.8) is 0 Å². The summed E-state index contributed by atoms with van der Waals surface area (Å²) in [4.78, 5) is 0. The lowest BCUT2D eigenvalue weighted by molar-refractivity contribution is 0.427. The fraction of sp³-hybridized carbons (Fsp3) is 0.875. The minimum atomic E-state index is -3.06. The van der Waals surface area contributed by atoms with Gasteiger partial charge in [0.25, 0.3) is 0 Å². The van der Waals surface area contributed by atoms with Gasteiger partial charge in [-0.3, -0.25) is 0 Å². The zero-order valence-corrected chi connectivity index (χ0v) is 8.89. The second kappa shape index (κ2) is 4.82. The molecule has 0 spiro atoms. The first-order chi connectivity index (χ1) is 5.46. The molecule has 0 rings (SSSR count). The van der Waals surface area contributed by atoms with Gasteiger partial charge in [0.15, 0.2) is 0 Å². The van der Waals surface area contributed by atoms with Gasteiger partial charge in [0.05, 0.1) is 5.25 Å². The average Bonchev–Trinajstić information content (AvgIpc) is 1.99. The van der Waals surface area contributed by atoms with Crippen molar-refractivity contribution in [3.05, 3.63) is 6.92 Å². The Balaban J connectivity index is 4.49. The summed E-state index contributed by atoms with van der Waals surface area (Å²) in [5.41, 5.74) is 0. The first-order valence-electron chi connectivity index (χ1n) is 4.25. The number of nitrogens with zero attached hydrogens (tertiary/aromatic N) is 1. The van der Waals surface area contributed by atoms with Gasteiger partial charge in [-0.15, -0.1) is 0 Å². The molecule has 0 amide bonds. The summed E-state index contributed by atoms with van der Waals surface area (Å²) in [6.07, 6.45) is 0.625. The number of hydrogen-bond donors (Lipinski definition) is 0. The fourth-order valence-electron chi connectivity index (χ4n) is 0.940. The molecule has 0 aromatic carbocycles. The van der Waals surface area contributed by atoms with Crippen LogP contribution in [0.5, 0.6) is 0 Å². The van der Waals surface area contributed by atoms with Crippen LogP contribution >= 0.6 is 0 Å². The number of hydrogen-bond acceptors (Lipinski definition) is 2. The van der Waals surface area contributed by atoms with Crippen LogP contribution < -0.4 is 0 Å². The molecule has 0 aromatic heterocycles. The van der Waals surface area contributed by atoms with E-state index in [1.165, 1.54) is 4.31 Å². The van der Waals surface area contributed by atoms with Gasteiger partial charge in [-0.1, -0.05) is 13.8 Å². The minimum Gasteiger partial charge on any atom is -0.212 e. The monoisotopic (exact) mass is 192 g/mol. The summed E-state index contributed by atoms with van der Waals surface area (Å²) >= 11 is 0. The first-order valence-corrected chi connectivity index (χ1v) is 5.75. The van der Waals surface area contributed by atoms with Crippen LogP contribution in [0.4, 0.5) is 0 Å². The van der Waals surface area contributed by atoms with E-state index in [0.29, 0.717) is 19.5 Å². The van der Waals surface area contributed by atoms with Crippen molar-refractivity contribution in [2.75, 3.05) is 13.1 Å². The van der Waals surface area contributed by atoms with Crippen LogP contribution in [0.25, 0.3) is 0 Å². The zero-order chi connectivity index (χ0) is 9.78. The van der Waals surface area contributed by atoms with Gasteiger partial charge in [0, 0.05) is 13.1 Å². The lowest BCUT2D eigenvalue weighted by Gasteiger charge is -2.21. The molecule has 0 fully saturated rings. The summed E-state index contributed by atoms with van der Waals surface area (Å²) in [5, 5.41) is -0.330. The lowest BCUT2D eigenvalue weighted by Crippen LogP contribution is -2.36. The van der Waals surface area contributed by atoms with Gasteiger partial charge in [-0.25, -0.2) is 12.7 Å². The molecule has 0 bridgehead atoms. The molecule has 3 nitrogen and oxygen atoms in total. The van der Waals surface area contributed by atoms with Gasteiger partial charge < -0.3 is 0 Å². The predicted molar refractivity (Wildman–Crippen MR) is 51.3 cm³/mol. The molecule has 0 aromatic rings. The maximum absolute atomic E-state index is 11.5. The summed E-state index contributed by atoms with van der Waals surface area (Å²) in [6.45, 7) is 9.94. The van der Waals surface area contributed by atoms with E-state index < -0.39 is 10.0 Å². The Morgan fingerprint density at radius 2 is 1.92 bits per heavy atom. The molecule has 12 heavy (non-hydrogen) atoms. The van der Waals surface area contributed by atoms with Crippen LogP contribution in [0.1, 0.15) is 27.2 Å². The molecule has 0 unspecified atom stereocenters. The van der Waals surface area contributed by atoms with Crippen LogP contribution in [-0.2, 0) is 10.0 Å². The van der Waals surface area contributed by atoms with Crippen molar-refractivity contribution < 1.29 is 8.42 Å². The average molecular weight is 192 g/mol. The van der Waals surface area contributed by atoms with Crippen molar-refractivity contribution in [2.45, 2.75) is 32.4 Å². The third-order valence-corrected chi connectivity index (χ3v) is 4.07. The summed E-state index contributed by atoms with van der Waals surface area (Å²) in [6, 6.07) is 0. The van der Waals surface area contributed by atoms with Gasteiger partial charge in [0.1, 0.15) is 0 Å². The summed E-state index contributed by atoms with van der Waals surface area (Å²) in [5.74, 6) is 0. The molecule has 0 saturated heterocycles. The molecule has 0 N–H and O–H groups in total. The molecule has 0 aliphatic carbocycles. The molecule has 4 heteroatoms. The Morgan fingerprint density at radius 3 is 2.17 bits per heavy atom. The Hall–Kier alpha value is -0.0900. The van der Waals surface area contributed by atoms with Crippen molar-refractivity contribution in [1.29, 1.82) is 0 Å². The SMILES string of the molecule is [CH2]CCN(CC)S(=O)(=O)C(C)C. The van der Waals surface area contributed by atoms with Crippen LogP contribution in [0.2, 0.25) is 0 Å². The summed E-state index contributed by atoms with van der Waals surface area (Å²) in [7, 11) is -3.06. The topological polar surface area (TPSA) is 37.4 Å². The maximum Gasteiger partial charge on any atom is 0.216 e. The molecule has 73 valence electrons. The second-order valence-electron chi connectivity index (χ2n) is 2.94. The maximum atomic E-state index is 11.5. The first kappa shape index (κ1) is 11.9. The molecule has 0 atom stereocenters. The van der Waals surface area contributed by atoms with Gasteiger partial charge in [-0.2, -0.15) is 0 Å². The number of rotatable bonds is 5. The van der Waals surface area contributed by atoms with Crippen molar-refractivity contribution >= 4 is 10.0 Å². The molecular formula is C8H18NO2S. The van der Waals surface area contributed by atoms with E-state index in [4.69, 9.17) is 0 Å². The standard InChI is InChI=1S/C8H18NO2S/c1-5-7-9(6-2)12(10,11)8(3)4/h8H,1,5-7H2,2-4H3. The van der Waals surface area contributed by atoms with E-state index >= 15 is 0 Å². The molecule has 0 heterocycles. The Bertz CT molecular complexity index is 209. The van der Waals surface area contributed by atoms with Crippen LogP contribution in [0.15, 0.2) is 0 Å². The third-order valence-electron chi connectivity index (χ3n) is 1.72. The number of sulfonamides is 1. The van der Waals surface area contributed by atoms with Gasteiger partial charge >= 0.3 is 0 Å². The van der Waals surface area contributed by atoms with E-state index in [9.17, 15) is 8.42 Å². The molecule has 1 radical (unpaired) electrons. The molecule has 0 aliphatic rings. The van der Waals surface area contributed by atoms with E-state index in [2.05, 4.69) is 6.92 Å². The fourth-order valence-corrected chi connectivity index (χ4v) is 2.28. The zero-order valence-electron chi connectivity index (χ0n) is 8.08. The molecular weight excluding hydrogens is 174 g/mol. The largest absolute Gasteiger partial charge is 0.216 e. The normalized spacial score (nSPS) is 12.8. The van der Waals surface area contributed by atoms with Gasteiger partial charge in [-0.05, 0) is 20.3 Å². The van der Waals surface area contributed by atoms with Crippen LogP contribution in [-0.4, -0.2) is 31.1 Å². The summed E-state index contributed by atoms with van der Waals surface area (Å²) < 4.78 is 24.6. The minimum absolute atomic E-state index is 0.330. The molecule has 0 aliphatic heterocycles. The third kappa shape index (κ3) is 2.75. The van der Waals surface area contributed by atoms with Crippen LogP contribution in [0.3, 0.4) is 0 Å². The smallest absolute Gasteiger partial charge is 0.212 e. The van der Waals surface area contributed by atoms with Crippen molar-refractivity contribution in [2.24, 2.45) is 0 Å². The molecule has 0 saturated carbocycles. The Morgan fingerprint density at radius 1 is 1.42 bits per heavy atom. The van der Waals surface area contributed by atoms with E-state index in [1.54, 1.807) is 13.8 Å². The quantitative estimate of drug-likeness (QED) is 0.658. The Labute approximate surface area is 75.8 Å². The van der Waals surface area contributed by atoms with Crippen molar-refractivity contribution in [1.82, 2.24) is 4.31 Å². The van der Waals surface area contributed by atoms with Gasteiger partial charge in [0.2, 0.25) is 10.0 Å².